The number of anilines is 2. The van der Waals surface area contributed by atoms with Gasteiger partial charge in [0, 0.05) is 27.2 Å². The normalized spacial score (nSPS) is 11.2. The van der Waals surface area contributed by atoms with Gasteiger partial charge in [-0.05, 0) is 56.1 Å². The van der Waals surface area contributed by atoms with Gasteiger partial charge in [0.15, 0.2) is 0 Å². The molecular weight excluding hydrogens is 445 g/mol. The van der Waals surface area contributed by atoms with Crippen molar-refractivity contribution in [3.63, 3.8) is 0 Å². The summed E-state index contributed by atoms with van der Waals surface area (Å²) in [6, 6.07) is 6.31. The van der Waals surface area contributed by atoms with Crippen molar-refractivity contribution in [2.45, 2.75) is 4.90 Å². The number of rotatable bonds is 4. The molecule has 2 aromatic rings. The Bertz CT molecular complexity index is 784. The number of halogens is 3. The molecule has 0 aliphatic rings. The lowest BCUT2D eigenvalue weighted by Crippen LogP contribution is -2.16. The van der Waals surface area contributed by atoms with Crippen LogP contribution in [0.2, 0.25) is 5.02 Å². The molecule has 0 saturated carbocycles. The largest absolute Gasteiger partial charge is 0.372 e. The van der Waals surface area contributed by atoms with Gasteiger partial charge in [-0.2, -0.15) is 0 Å². The van der Waals surface area contributed by atoms with E-state index in [-0.39, 0.29) is 10.7 Å². The van der Waals surface area contributed by atoms with Crippen LogP contribution in [0.25, 0.3) is 0 Å². The van der Waals surface area contributed by atoms with E-state index in [1.165, 1.54) is 18.3 Å². The highest BCUT2D eigenvalue weighted by atomic mass is 79.9. The number of sulfonamides is 1. The summed E-state index contributed by atoms with van der Waals surface area (Å²) in [4.78, 5) is 4.06. The molecule has 112 valence electrons. The molecule has 0 bridgehead atoms. The number of hydrogen-bond acceptors (Lipinski definition) is 4. The minimum Gasteiger partial charge on any atom is -0.372 e. The highest BCUT2D eigenvalue weighted by molar-refractivity contribution is 9.10. The lowest BCUT2D eigenvalue weighted by Gasteiger charge is -2.13. The van der Waals surface area contributed by atoms with Gasteiger partial charge in [0.1, 0.15) is 10.7 Å². The molecule has 0 saturated heterocycles. The fourth-order valence-electron chi connectivity index (χ4n) is 1.59. The Kier molecular flexibility index (Phi) is 5.13. The van der Waals surface area contributed by atoms with E-state index in [0.717, 1.165) is 0 Å². The number of hydrogen-bond donors (Lipinski definition) is 2. The Hall–Kier alpha value is -0.830. The summed E-state index contributed by atoms with van der Waals surface area (Å²) in [5.74, 6) is 0.254. The fourth-order valence-corrected chi connectivity index (χ4v) is 3.98. The molecule has 0 aliphatic carbocycles. The molecule has 9 heteroatoms. The predicted octanol–water partition coefficient (Wildman–Crippen LogP) is 4.10. The van der Waals surface area contributed by atoms with Crippen molar-refractivity contribution in [2.24, 2.45) is 0 Å². The van der Waals surface area contributed by atoms with Crippen LogP contribution in [0.3, 0.4) is 0 Å². The highest BCUT2D eigenvalue weighted by Crippen LogP contribution is 2.30. The first-order valence-electron chi connectivity index (χ1n) is 5.64. The summed E-state index contributed by atoms with van der Waals surface area (Å²) in [6.07, 6.45) is 1.51. The van der Waals surface area contributed by atoms with Gasteiger partial charge in [0.05, 0.1) is 5.69 Å². The number of aromatic nitrogens is 1. The first-order valence-corrected chi connectivity index (χ1v) is 9.09. The van der Waals surface area contributed by atoms with Gasteiger partial charge in [0.2, 0.25) is 0 Å². The maximum Gasteiger partial charge on any atom is 0.265 e. The van der Waals surface area contributed by atoms with Gasteiger partial charge in [-0.15, -0.1) is 0 Å². The van der Waals surface area contributed by atoms with E-state index in [9.17, 15) is 8.42 Å². The summed E-state index contributed by atoms with van der Waals surface area (Å²) in [5.41, 5.74) is 0.351. The Morgan fingerprint density at radius 3 is 2.62 bits per heavy atom. The van der Waals surface area contributed by atoms with Crippen LogP contribution in [0.15, 0.2) is 44.3 Å². The molecule has 21 heavy (non-hydrogen) atoms. The predicted molar refractivity (Wildman–Crippen MR) is 91.4 cm³/mol. The number of benzene rings is 1. The van der Waals surface area contributed by atoms with Crippen LogP contribution >= 0.6 is 43.5 Å². The lowest BCUT2D eigenvalue weighted by atomic mass is 10.3. The number of nitrogens with one attached hydrogen (secondary N) is 2. The fraction of sp³-hybridized carbons (Fsp3) is 0.0833. The standard InChI is InChI=1S/C12H10Br2ClN3O2S/c1-16-12-11(4-7(13)6-17-12)21(19,20)18-10-5-8(15)2-3-9(10)14/h2-6,18H,1H3,(H,16,17). The second kappa shape index (κ2) is 6.51. The van der Waals surface area contributed by atoms with Gasteiger partial charge >= 0.3 is 0 Å². The van der Waals surface area contributed by atoms with Gasteiger partial charge in [-0.1, -0.05) is 11.6 Å². The zero-order chi connectivity index (χ0) is 15.6. The lowest BCUT2D eigenvalue weighted by molar-refractivity contribution is 0.601. The third-order valence-corrected chi connectivity index (χ3v) is 5.26. The summed E-state index contributed by atoms with van der Waals surface area (Å²) in [7, 11) is -2.21. The molecule has 0 unspecified atom stereocenters. The van der Waals surface area contributed by atoms with E-state index in [4.69, 9.17) is 11.6 Å². The van der Waals surface area contributed by atoms with Crippen LogP contribution in [0, 0.1) is 0 Å². The van der Waals surface area contributed by atoms with E-state index in [1.807, 2.05) is 0 Å². The zero-order valence-electron chi connectivity index (χ0n) is 10.7. The second-order valence-corrected chi connectivity index (χ2v) is 7.84. The third-order valence-electron chi connectivity index (χ3n) is 2.52. The molecular formula is C12H10Br2ClN3O2S. The van der Waals surface area contributed by atoms with Crippen molar-refractivity contribution in [3.8, 4) is 0 Å². The van der Waals surface area contributed by atoms with E-state index < -0.39 is 10.0 Å². The Labute approximate surface area is 144 Å². The summed E-state index contributed by atoms with van der Waals surface area (Å²) in [6.45, 7) is 0. The summed E-state index contributed by atoms with van der Waals surface area (Å²) >= 11 is 12.4. The first kappa shape index (κ1) is 16.5. The van der Waals surface area contributed by atoms with Crippen LogP contribution in [-0.4, -0.2) is 20.4 Å². The summed E-state index contributed by atoms with van der Waals surface area (Å²) in [5, 5.41) is 3.18. The van der Waals surface area contributed by atoms with Crippen molar-refractivity contribution in [1.82, 2.24) is 4.98 Å². The minimum atomic E-state index is -3.81. The molecule has 0 amide bonds. The van der Waals surface area contributed by atoms with E-state index in [0.29, 0.717) is 19.7 Å². The van der Waals surface area contributed by atoms with Crippen LogP contribution < -0.4 is 10.0 Å². The molecule has 1 aromatic carbocycles. The average molecular weight is 456 g/mol. The van der Waals surface area contributed by atoms with Gasteiger partial charge in [-0.3, -0.25) is 4.72 Å². The van der Waals surface area contributed by atoms with Gasteiger partial charge in [0.25, 0.3) is 10.0 Å². The molecule has 0 radical (unpaired) electrons. The molecule has 0 spiro atoms. The maximum atomic E-state index is 12.5. The van der Waals surface area contributed by atoms with Crippen LogP contribution in [0.1, 0.15) is 0 Å². The molecule has 2 rings (SSSR count). The van der Waals surface area contributed by atoms with E-state index >= 15 is 0 Å². The monoisotopic (exact) mass is 453 g/mol. The average Bonchev–Trinajstić information content (AvgIpc) is 2.42. The number of pyridine rings is 1. The molecule has 1 heterocycles. The van der Waals surface area contributed by atoms with Crippen molar-refractivity contribution in [1.29, 1.82) is 0 Å². The van der Waals surface area contributed by atoms with Gasteiger partial charge < -0.3 is 5.32 Å². The molecule has 0 atom stereocenters. The SMILES string of the molecule is CNc1ncc(Br)cc1S(=O)(=O)Nc1cc(Cl)ccc1Br. The Balaban J connectivity index is 2.48. The first-order chi connectivity index (χ1) is 9.83. The molecule has 2 N–H and O–H groups in total. The number of nitrogens with zero attached hydrogens (tertiary/aromatic N) is 1. The Morgan fingerprint density at radius 1 is 1.24 bits per heavy atom. The molecule has 0 fully saturated rings. The minimum absolute atomic E-state index is 0.0336. The highest BCUT2D eigenvalue weighted by Gasteiger charge is 2.21. The van der Waals surface area contributed by atoms with Crippen LogP contribution in [0.5, 0.6) is 0 Å². The quantitative estimate of drug-likeness (QED) is 0.728. The van der Waals surface area contributed by atoms with Gasteiger partial charge in [-0.25, -0.2) is 13.4 Å². The van der Waals surface area contributed by atoms with Crippen molar-refractivity contribution >= 4 is 65.0 Å². The zero-order valence-corrected chi connectivity index (χ0v) is 15.4. The summed E-state index contributed by atoms with van der Waals surface area (Å²) < 4.78 is 28.7. The topological polar surface area (TPSA) is 71.1 Å². The smallest absolute Gasteiger partial charge is 0.265 e. The van der Waals surface area contributed by atoms with E-state index in [2.05, 4.69) is 46.9 Å². The third kappa shape index (κ3) is 3.88. The molecule has 5 nitrogen and oxygen atoms in total. The molecule has 1 aromatic heterocycles. The van der Waals surface area contributed by atoms with Crippen molar-refractivity contribution in [3.05, 3.63) is 44.4 Å². The van der Waals surface area contributed by atoms with Crippen LogP contribution in [0.4, 0.5) is 11.5 Å². The Morgan fingerprint density at radius 2 is 1.95 bits per heavy atom. The maximum absolute atomic E-state index is 12.5. The van der Waals surface area contributed by atoms with E-state index in [1.54, 1.807) is 19.2 Å². The molecule has 0 aliphatic heterocycles. The second-order valence-electron chi connectivity index (χ2n) is 3.98. The van der Waals surface area contributed by atoms with Crippen LogP contribution in [-0.2, 0) is 10.0 Å². The van der Waals surface area contributed by atoms with Crippen molar-refractivity contribution < 1.29 is 8.42 Å². The van der Waals surface area contributed by atoms with Crippen molar-refractivity contribution in [2.75, 3.05) is 17.1 Å².